The number of aliphatic imine (C=N–C) groups is 1. The van der Waals surface area contributed by atoms with Gasteiger partial charge in [-0.2, -0.15) is 0 Å². The van der Waals surface area contributed by atoms with E-state index in [0.29, 0.717) is 12.6 Å². The van der Waals surface area contributed by atoms with E-state index in [9.17, 15) is 4.39 Å². The van der Waals surface area contributed by atoms with Crippen molar-refractivity contribution in [3.05, 3.63) is 58.8 Å². The number of halogens is 1. The minimum absolute atomic E-state index is 0.178. The summed E-state index contributed by atoms with van der Waals surface area (Å²) in [5, 5.41) is 6.92. The van der Waals surface area contributed by atoms with Crippen molar-refractivity contribution in [3.8, 4) is 0 Å². The molecule has 1 fully saturated rings. The van der Waals surface area contributed by atoms with Gasteiger partial charge in [-0.1, -0.05) is 12.1 Å². The smallest absolute Gasteiger partial charge is 0.191 e. The Labute approximate surface area is 167 Å². The lowest BCUT2D eigenvalue weighted by Gasteiger charge is -2.33. The standard InChI is InChI=1S/C22H31FN4O/c1-4-24-22(25-14-19-13-16(2)28-17(19)3)26-21-9-11-27(12-10-21)15-18-5-7-20(23)8-6-18/h5-8,13,21H,4,9-12,14-15H2,1-3H3,(H2,24,25,26). The Morgan fingerprint density at radius 1 is 1.21 bits per heavy atom. The van der Waals surface area contributed by atoms with Crippen LogP contribution in [0.1, 0.15) is 42.4 Å². The van der Waals surface area contributed by atoms with E-state index in [1.165, 1.54) is 12.1 Å². The lowest BCUT2D eigenvalue weighted by atomic mass is 10.0. The zero-order chi connectivity index (χ0) is 19.9. The van der Waals surface area contributed by atoms with Gasteiger partial charge in [-0.15, -0.1) is 0 Å². The van der Waals surface area contributed by atoms with Gasteiger partial charge in [0.25, 0.3) is 0 Å². The van der Waals surface area contributed by atoms with Crippen LogP contribution in [0.3, 0.4) is 0 Å². The predicted octanol–water partition coefficient (Wildman–Crippen LogP) is 3.76. The number of hydrogen-bond donors (Lipinski definition) is 2. The van der Waals surface area contributed by atoms with Gasteiger partial charge in [0.1, 0.15) is 17.3 Å². The average Bonchev–Trinajstić information content (AvgIpc) is 3.00. The number of nitrogens with zero attached hydrogens (tertiary/aromatic N) is 2. The number of hydrogen-bond acceptors (Lipinski definition) is 3. The molecule has 0 atom stereocenters. The molecule has 0 bridgehead atoms. The summed E-state index contributed by atoms with van der Waals surface area (Å²) in [6.07, 6.45) is 2.13. The molecule has 2 aromatic rings. The predicted molar refractivity (Wildman–Crippen MR) is 111 cm³/mol. The molecule has 2 N–H and O–H groups in total. The molecule has 1 saturated heterocycles. The molecule has 0 spiro atoms. The second-order valence-corrected chi connectivity index (χ2v) is 7.45. The molecule has 1 aliphatic heterocycles. The quantitative estimate of drug-likeness (QED) is 0.586. The lowest BCUT2D eigenvalue weighted by Crippen LogP contribution is -2.48. The first kappa shape index (κ1) is 20.4. The highest BCUT2D eigenvalue weighted by Crippen LogP contribution is 2.16. The van der Waals surface area contributed by atoms with E-state index < -0.39 is 0 Å². The number of furan rings is 1. The molecule has 0 unspecified atom stereocenters. The van der Waals surface area contributed by atoms with Crippen molar-refractivity contribution >= 4 is 5.96 Å². The molecule has 0 saturated carbocycles. The Balaban J connectivity index is 1.50. The number of rotatable bonds is 6. The minimum atomic E-state index is -0.178. The van der Waals surface area contributed by atoms with Crippen molar-refractivity contribution < 1.29 is 8.81 Å². The van der Waals surface area contributed by atoms with E-state index in [-0.39, 0.29) is 5.82 Å². The Morgan fingerprint density at radius 3 is 2.54 bits per heavy atom. The first-order chi connectivity index (χ1) is 13.5. The zero-order valence-corrected chi connectivity index (χ0v) is 17.1. The van der Waals surface area contributed by atoms with Crippen LogP contribution in [0.5, 0.6) is 0 Å². The van der Waals surface area contributed by atoms with Gasteiger partial charge in [0.15, 0.2) is 5.96 Å². The second-order valence-electron chi connectivity index (χ2n) is 7.45. The minimum Gasteiger partial charge on any atom is -0.466 e. The van der Waals surface area contributed by atoms with E-state index in [1.54, 1.807) is 0 Å². The molecular formula is C22H31FN4O. The van der Waals surface area contributed by atoms with Crippen molar-refractivity contribution in [2.24, 2.45) is 4.99 Å². The molecule has 3 rings (SSSR count). The van der Waals surface area contributed by atoms with Gasteiger partial charge >= 0.3 is 0 Å². The molecule has 2 heterocycles. The van der Waals surface area contributed by atoms with Crippen LogP contribution in [-0.4, -0.2) is 36.5 Å². The monoisotopic (exact) mass is 386 g/mol. The Bertz CT molecular complexity index is 776. The highest BCUT2D eigenvalue weighted by Gasteiger charge is 2.20. The van der Waals surface area contributed by atoms with E-state index in [2.05, 4.69) is 28.5 Å². The zero-order valence-electron chi connectivity index (χ0n) is 17.1. The number of aryl methyl sites for hydroxylation is 2. The lowest BCUT2D eigenvalue weighted by molar-refractivity contribution is 0.198. The van der Waals surface area contributed by atoms with Crippen LogP contribution in [0.15, 0.2) is 39.7 Å². The van der Waals surface area contributed by atoms with Gasteiger partial charge < -0.3 is 15.1 Å². The summed E-state index contributed by atoms with van der Waals surface area (Å²) < 4.78 is 18.6. The normalized spacial score (nSPS) is 16.4. The third-order valence-corrected chi connectivity index (χ3v) is 5.14. The highest BCUT2D eigenvalue weighted by atomic mass is 19.1. The Morgan fingerprint density at radius 2 is 1.93 bits per heavy atom. The summed E-state index contributed by atoms with van der Waals surface area (Å²) in [6.45, 7) is 10.4. The van der Waals surface area contributed by atoms with Gasteiger partial charge in [-0.3, -0.25) is 4.90 Å². The maximum atomic E-state index is 13.1. The van der Waals surface area contributed by atoms with E-state index >= 15 is 0 Å². The molecule has 1 aromatic heterocycles. The molecule has 0 radical (unpaired) electrons. The van der Waals surface area contributed by atoms with Crippen molar-refractivity contribution in [2.45, 2.75) is 52.7 Å². The van der Waals surface area contributed by atoms with E-state index in [0.717, 1.165) is 67.6 Å². The maximum Gasteiger partial charge on any atom is 0.191 e. The highest BCUT2D eigenvalue weighted by molar-refractivity contribution is 5.80. The molecule has 1 aromatic carbocycles. The third-order valence-electron chi connectivity index (χ3n) is 5.14. The third kappa shape index (κ3) is 5.83. The molecule has 5 nitrogen and oxygen atoms in total. The fourth-order valence-corrected chi connectivity index (χ4v) is 3.60. The van der Waals surface area contributed by atoms with Gasteiger partial charge in [-0.25, -0.2) is 9.38 Å². The van der Waals surface area contributed by atoms with Gasteiger partial charge in [0.05, 0.1) is 6.54 Å². The van der Waals surface area contributed by atoms with E-state index in [1.807, 2.05) is 26.0 Å². The van der Waals surface area contributed by atoms with E-state index in [4.69, 9.17) is 9.41 Å². The first-order valence-corrected chi connectivity index (χ1v) is 10.1. The maximum absolute atomic E-state index is 13.1. The molecule has 6 heteroatoms. The van der Waals surface area contributed by atoms with Gasteiger partial charge in [-0.05, 0) is 57.4 Å². The molecule has 0 aliphatic carbocycles. The Hall–Kier alpha value is -2.34. The second kappa shape index (κ2) is 9.73. The number of piperidine rings is 1. The number of benzene rings is 1. The van der Waals surface area contributed by atoms with Gasteiger partial charge in [0, 0.05) is 37.8 Å². The summed E-state index contributed by atoms with van der Waals surface area (Å²) in [5.41, 5.74) is 2.29. The fraction of sp³-hybridized carbons (Fsp3) is 0.500. The largest absolute Gasteiger partial charge is 0.466 e. The van der Waals surface area contributed by atoms with Crippen molar-refractivity contribution in [1.82, 2.24) is 15.5 Å². The van der Waals surface area contributed by atoms with Crippen LogP contribution in [0, 0.1) is 19.7 Å². The van der Waals surface area contributed by atoms with Crippen molar-refractivity contribution in [3.63, 3.8) is 0 Å². The van der Waals surface area contributed by atoms with Crippen molar-refractivity contribution in [1.29, 1.82) is 0 Å². The first-order valence-electron chi connectivity index (χ1n) is 10.1. The number of likely N-dealkylation sites (tertiary alicyclic amines) is 1. The summed E-state index contributed by atoms with van der Waals surface area (Å²) >= 11 is 0. The van der Waals surface area contributed by atoms with Gasteiger partial charge in [0.2, 0.25) is 0 Å². The van der Waals surface area contributed by atoms with Crippen LogP contribution >= 0.6 is 0 Å². The SMILES string of the molecule is CCNC(=NCc1cc(C)oc1C)NC1CCN(Cc2ccc(F)cc2)CC1. The number of nitrogens with one attached hydrogen (secondary N) is 2. The fourth-order valence-electron chi connectivity index (χ4n) is 3.60. The molecular weight excluding hydrogens is 355 g/mol. The summed E-state index contributed by atoms with van der Waals surface area (Å²) in [6, 6.07) is 9.27. The summed E-state index contributed by atoms with van der Waals surface area (Å²) in [5.74, 6) is 2.54. The van der Waals surface area contributed by atoms with Crippen LogP contribution in [0.25, 0.3) is 0 Å². The molecule has 28 heavy (non-hydrogen) atoms. The van der Waals surface area contributed by atoms with Crippen molar-refractivity contribution in [2.75, 3.05) is 19.6 Å². The van der Waals surface area contributed by atoms with Crippen LogP contribution in [0.2, 0.25) is 0 Å². The van der Waals surface area contributed by atoms with Crippen LogP contribution in [0.4, 0.5) is 4.39 Å². The summed E-state index contributed by atoms with van der Waals surface area (Å²) in [4.78, 5) is 7.16. The van der Waals surface area contributed by atoms with Crippen LogP contribution in [-0.2, 0) is 13.1 Å². The summed E-state index contributed by atoms with van der Waals surface area (Å²) in [7, 11) is 0. The average molecular weight is 387 g/mol. The topological polar surface area (TPSA) is 52.8 Å². The Kier molecular flexibility index (Phi) is 7.09. The molecule has 152 valence electrons. The number of guanidine groups is 1. The van der Waals surface area contributed by atoms with Crippen LogP contribution < -0.4 is 10.6 Å². The molecule has 0 amide bonds. The molecule has 1 aliphatic rings.